The minimum Gasteiger partial charge on any atom is -0.507 e. The Hall–Kier alpha value is -4.94. The molecule has 1 aliphatic rings. The molecule has 0 aromatic heterocycles. The van der Waals surface area contributed by atoms with Crippen LogP contribution in [0.15, 0.2) is 94.5 Å². The monoisotopic (exact) mass is 608 g/mol. The number of hydrogen-bond donors (Lipinski definition) is 2. The molecule has 0 fully saturated rings. The van der Waals surface area contributed by atoms with Crippen molar-refractivity contribution < 1.29 is 19.4 Å². The van der Waals surface area contributed by atoms with E-state index >= 15 is 0 Å². The van der Waals surface area contributed by atoms with Crippen LogP contribution in [0.5, 0.6) is 11.5 Å². The maximum absolute atomic E-state index is 12.9. The Bertz CT molecular complexity index is 1720. The molecule has 0 saturated heterocycles. The number of ether oxygens (including phenoxy) is 1. The molecule has 8 nitrogen and oxygen atoms in total. The summed E-state index contributed by atoms with van der Waals surface area (Å²) in [6, 6.07) is 25.2. The molecule has 0 bridgehead atoms. The van der Waals surface area contributed by atoms with Gasteiger partial charge >= 0.3 is 0 Å². The van der Waals surface area contributed by atoms with E-state index in [1.165, 1.54) is 35.6 Å². The Balaban J connectivity index is 1.22. The Labute approximate surface area is 245 Å². The molecule has 0 atom stereocenters. The molecule has 4 aromatic rings. The first kappa shape index (κ1) is 27.6. The third-order valence-corrected chi connectivity index (χ3v) is 7.32. The minimum absolute atomic E-state index is 0.00362. The molecule has 41 heavy (non-hydrogen) atoms. The summed E-state index contributed by atoms with van der Waals surface area (Å²) in [5, 5.41) is 24.4. The highest BCUT2D eigenvalue weighted by Gasteiger charge is 2.19. The standard InChI is InChI=1S/C32H25BrN4O4/c33-26-9-5-21(6-10-26)22-13-15-37(16-14-22)31(39)20-41-30-12-8-24(27-3-1-2-4-28(27)30)19-35-36-32(40)23-7-11-29(38)25(17-23)18-34/h1-13,17,19,38H,14-16,20H2,(H,36,40). The van der Waals surface area contributed by atoms with E-state index in [9.17, 15) is 14.7 Å². The van der Waals surface area contributed by atoms with E-state index < -0.39 is 5.91 Å². The number of hydrogen-bond acceptors (Lipinski definition) is 6. The molecule has 4 aromatic carbocycles. The van der Waals surface area contributed by atoms with Crippen molar-refractivity contribution in [1.82, 2.24) is 10.3 Å². The number of phenols is 1. The summed E-state index contributed by atoms with van der Waals surface area (Å²) in [7, 11) is 0. The van der Waals surface area contributed by atoms with E-state index in [1.807, 2.05) is 42.5 Å². The zero-order valence-corrected chi connectivity index (χ0v) is 23.5. The normalized spacial score (nSPS) is 13.1. The van der Waals surface area contributed by atoms with Crippen molar-refractivity contribution in [1.29, 1.82) is 5.26 Å². The number of hydrazone groups is 1. The summed E-state index contributed by atoms with van der Waals surface area (Å²) in [5.74, 6) is -0.215. The fraction of sp³-hybridized carbons (Fsp3) is 0.125. The van der Waals surface area contributed by atoms with Crippen LogP contribution in [0.4, 0.5) is 0 Å². The number of carbonyl (C=O) groups excluding carboxylic acids is 2. The fourth-order valence-corrected chi connectivity index (χ4v) is 4.84. The van der Waals surface area contributed by atoms with E-state index in [0.717, 1.165) is 27.2 Å². The summed E-state index contributed by atoms with van der Waals surface area (Å²) in [4.78, 5) is 27.1. The molecule has 1 heterocycles. The minimum atomic E-state index is -0.517. The van der Waals surface area contributed by atoms with Crippen LogP contribution in [0.2, 0.25) is 0 Å². The molecule has 204 valence electrons. The Morgan fingerprint density at radius 3 is 2.59 bits per heavy atom. The second-order valence-electron chi connectivity index (χ2n) is 9.36. The topological polar surface area (TPSA) is 115 Å². The second-order valence-corrected chi connectivity index (χ2v) is 10.3. The van der Waals surface area contributed by atoms with Gasteiger partial charge in [-0.05, 0) is 65.4 Å². The molecule has 2 amide bonds. The quantitative estimate of drug-likeness (QED) is 0.208. The van der Waals surface area contributed by atoms with E-state index in [2.05, 4.69) is 44.7 Å². The smallest absolute Gasteiger partial charge is 0.271 e. The van der Waals surface area contributed by atoms with E-state index in [-0.39, 0.29) is 29.4 Å². The van der Waals surface area contributed by atoms with Crippen molar-refractivity contribution >= 4 is 50.3 Å². The van der Waals surface area contributed by atoms with Gasteiger partial charge in [0.15, 0.2) is 6.61 Å². The summed E-state index contributed by atoms with van der Waals surface area (Å²) < 4.78 is 7.00. The van der Waals surface area contributed by atoms with Crippen molar-refractivity contribution in [2.75, 3.05) is 19.7 Å². The molecule has 0 saturated carbocycles. The third kappa shape index (κ3) is 6.45. The number of amides is 2. The molecule has 2 N–H and O–H groups in total. The van der Waals surface area contributed by atoms with Gasteiger partial charge in [0.05, 0.1) is 11.8 Å². The Morgan fingerprint density at radius 2 is 1.85 bits per heavy atom. The number of phenolic OH excluding ortho intramolecular Hbond substituents is 1. The van der Waals surface area contributed by atoms with Gasteiger partial charge in [0.2, 0.25) is 0 Å². The summed E-state index contributed by atoms with van der Waals surface area (Å²) in [6.07, 6.45) is 4.40. The predicted octanol–water partition coefficient (Wildman–Crippen LogP) is 5.64. The van der Waals surface area contributed by atoms with Crippen molar-refractivity contribution in [2.45, 2.75) is 6.42 Å². The number of benzene rings is 4. The van der Waals surface area contributed by atoms with E-state index in [0.29, 0.717) is 18.8 Å². The van der Waals surface area contributed by atoms with Crippen LogP contribution in [-0.4, -0.2) is 47.7 Å². The third-order valence-electron chi connectivity index (χ3n) is 6.79. The number of nitriles is 1. The number of rotatable bonds is 7. The van der Waals surface area contributed by atoms with Crippen molar-refractivity contribution in [2.24, 2.45) is 5.10 Å². The number of fused-ring (bicyclic) bond motifs is 1. The van der Waals surface area contributed by atoms with E-state index in [4.69, 9.17) is 10.00 Å². The molecule has 0 unspecified atom stereocenters. The first-order chi connectivity index (χ1) is 19.9. The van der Waals surface area contributed by atoms with E-state index in [1.54, 1.807) is 17.0 Å². The van der Waals surface area contributed by atoms with Gasteiger partial charge in [0, 0.05) is 34.1 Å². The van der Waals surface area contributed by atoms with Crippen LogP contribution in [0.25, 0.3) is 16.3 Å². The van der Waals surface area contributed by atoms with Crippen LogP contribution >= 0.6 is 15.9 Å². The highest BCUT2D eigenvalue weighted by atomic mass is 79.9. The average molecular weight is 609 g/mol. The van der Waals surface area contributed by atoms with Gasteiger partial charge in [-0.2, -0.15) is 10.4 Å². The zero-order valence-electron chi connectivity index (χ0n) is 21.9. The van der Waals surface area contributed by atoms with Crippen molar-refractivity contribution in [3.05, 3.63) is 112 Å². The highest BCUT2D eigenvalue weighted by molar-refractivity contribution is 9.10. The summed E-state index contributed by atoms with van der Waals surface area (Å²) >= 11 is 3.46. The van der Waals surface area contributed by atoms with Gasteiger partial charge in [-0.15, -0.1) is 0 Å². The van der Waals surface area contributed by atoms with Gasteiger partial charge in [-0.1, -0.05) is 58.4 Å². The fourth-order valence-electron chi connectivity index (χ4n) is 4.58. The Morgan fingerprint density at radius 1 is 1.07 bits per heavy atom. The number of aromatic hydroxyl groups is 1. The number of nitrogens with zero attached hydrogens (tertiary/aromatic N) is 3. The molecule has 0 radical (unpaired) electrons. The van der Waals surface area contributed by atoms with Crippen LogP contribution in [0.1, 0.15) is 33.5 Å². The largest absolute Gasteiger partial charge is 0.507 e. The summed E-state index contributed by atoms with van der Waals surface area (Å²) in [6.45, 7) is 1.09. The second kappa shape index (κ2) is 12.5. The predicted molar refractivity (Wildman–Crippen MR) is 161 cm³/mol. The zero-order chi connectivity index (χ0) is 28.8. The van der Waals surface area contributed by atoms with Crippen LogP contribution in [0.3, 0.4) is 0 Å². The van der Waals surface area contributed by atoms with Crippen molar-refractivity contribution in [3.8, 4) is 17.6 Å². The van der Waals surface area contributed by atoms with Gasteiger partial charge in [0.1, 0.15) is 17.6 Å². The van der Waals surface area contributed by atoms with Gasteiger partial charge < -0.3 is 14.7 Å². The first-order valence-electron chi connectivity index (χ1n) is 12.9. The molecule has 0 aliphatic carbocycles. The molecular formula is C32H25BrN4O4. The van der Waals surface area contributed by atoms with Gasteiger partial charge in [-0.25, -0.2) is 5.43 Å². The van der Waals surface area contributed by atoms with Crippen LogP contribution in [0, 0.1) is 11.3 Å². The number of nitrogens with one attached hydrogen (secondary N) is 1. The number of carbonyl (C=O) groups is 2. The molecule has 5 rings (SSSR count). The molecule has 0 spiro atoms. The molecular weight excluding hydrogens is 584 g/mol. The SMILES string of the molecule is N#Cc1cc(C(=O)NN=Cc2ccc(OCC(=O)N3CC=C(c4ccc(Br)cc4)CC3)c3ccccc23)ccc1O. The average Bonchev–Trinajstić information content (AvgIpc) is 3.01. The molecule has 9 heteroatoms. The highest BCUT2D eigenvalue weighted by Crippen LogP contribution is 2.29. The lowest BCUT2D eigenvalue weighted by Crippen LogP contribution is -2.37. The lowest BCUT2D eigenvalue weighted by molar-refractivity contribution is -0.132. The molecule has 1 aliphatic heterocycles. The maximum Gasteiger partial charge on any atom is 0.271 e. The Kier molecular flexibility index (Phi) is 8.42. The van der Waals surface area contributed by atoms with Crippen LogP contribution in [-0.2, 0) is 4.79 Å². The van der Waals surface area contributed by atoms with Gasteiger partial charge in [-0.3, -0.25) is 9.59 Å². The first-order valence-corrected chi connectivity index (χ1v) is 13.7. The lowest BCUT2D eigenvalue weighted by Gasteiger charge is -2.27. The summed E-state index contributed by atoms with van der Waals surface area (Å²) in [5.41, 5.74) is 5.78. The van der Waals surface area contributed by atoms with Crippen molar-refractivity contribution in [3.63, 3.8) is 0 Å². The number of halogens is 1. The maximum atomic E-state index is 12.9. The van der Waals surface area contributed by atoms with Gasteiger partial charge in [0.25, 0.3) is 11.8 Å². The lowest BCUT2D eigenvalue weighted by atomic mass is 9.99. The van der Waals surface area contributed by atoms with Crippen LogP contribution < -0.4 is 10.2 Å².